The first-order valence-electron chi connectivity index (χ1n) is 9.97. The third-order valence-electron chi connectivity index (χ3n) is 4.46. The molecular formula is C22H28F2N2O4S. The van der Waals surface area contributed by atoms with Gasteiger partial charge in [-0.05, 0) is 63.4 Å². The predicted molar refractivity (Wildman–Crippen MR) is 117 cm³/mol. The molecule has 2 aromatic carbocycles. The summed E-state index contributed by atoms with van der Waals surface area (Å²) in [5.41, 5.74) is 0.936. The van der Waals surface area contributed by atoms with Gasteiger partial charge in [0.25, 0.3) is 0 Å². The number of hydrogen-bond acceptors (Lipinski definition) is 4. The predicted octanol–water partition coefficient (Wildman–Crippen LogP) is 3.66. The molecule has 0 heterocycles. The van der Waals surface area contributed by atoms with Crippen molar-refractivity contribution < 1.29 is 26.7 Å². The Morgan fingerprint density at radius 3 is 2.42 bits per heavy atom. The van der Waals surface area contributed by atoms with Crippen LogP contribution in [0.25, 0.3) is 0 Å². The van der Waals surface area contributed by atoms with Crippen molar-refractivity contribution in [3.8, 4) is 5.75 Å². The molecule has 1 N–H and O–H groups in total. The lowest BCUT2D eigenvalue weighted by Gasteiger charge is -2.28. The van der Waals surface area contributed by atoms with E-state index in [0.717, 1.165) is 40.1 Å². The number of anilines is 1. The molecule has 1 unspecified atom stereocenters. The monoisotopic (exact) mass is 454 g/mol. The average Bonchev–Trinajstić information content (AvgIpc) is 2.66. The zero-order chi connectivity index (χ0) is 23.2. The number of carbonyl (C=O) groups excluding carboxylic acids is 1. The summed E-state index contributed by atoms with van der Waals surface area (Å²) in [6.45, 7) is 5.62. The maximum absolute atomic E-state index is 13.6. The molecule has 2 rings (SSSR count). The molecular weight excluding hydrogens is 426 g/mol. The van der Waals surface area contributed by atoms with Crippen molar-refractivity contribution in [3.05, 3.63) is 59.7 Å². The molecule has 0 aliphatic rings. The van der Waals surface area contributed by atoms with Crippen LogP contribution in [0.5, 0.6) is 5.75 Å². The summed E-state index contributed by atoms with van der Waals surface area (Å²) < 4.78 is 57.7. The van der Waals surface area contributed by atoms with Crippen LogP contribution in [0.3, 0.4) is 0 Å². The number of halogens is 2. The topological polar surface area (TPSA) is 75.7 Å². The standard InChI is InChI=1S/C22H28F2N2O4S/c1-15(2)30-19-9-5-7-17(13-19)8-6-12-25-22(27)16(3)26(31(4,28)29)18-10-11-20(23)21(24)14-18/h5,7,9-11,13-16H,6,8,12H2,1-4H3,(H,25,27). The van der Waals surface area contributed by atoms with Gasteiger partial charge in [0, 0.05) is 12.6 Å². The maximum atomic E-state index is 13.6. The number of aryl methyl sites for hydroxylation is 1. The second kappa shape index (κ2) is 10.6. The van der Waals surface area contributed by atoms with E-state index in [2.05, 4.69) is 5.32 Å². The van der Waals surface area contributed by atoms with Crippen molar-refractivity contribution in [2.24, 2.45) is 0 Å². The fourth-order valence-corrected chi connectivity index (χ4v) is 4.30. The van der Waals surface area contributed by atoms with Crippen LogP contribution in [0.1, 0.15) is 32.8 Å². The van der Waals surface area contributed by atoms with E-state index >= 15 is 0 Å². The highest BCUT2D eigenvalue weighted by atomic mass is 32.2. The Balaban J connectivity index is 1.98. The first-order valence-corrected chi connectivity index (χ1v) is 11.8. The first-order chi connectivity index (χ1) is 14.5. The molecule has 0 fully saturated rings. The molecule has 1 atom stereocenters. The Labute approximate surface area is 182 Å². The molecule has 0 bridgehead atoms. The van der Waals surface area contributed by atoms with Crippen LogP contribution in [0.2, 0.25) is 0 Å². The second-order valence-corrected chi connectivity index (χ2v) is 9.40. The molecule has 9 heteroatoms. The molecule has 170 valence electrons. The van der Waals surface area contributed by atoms with Crippen molar-refractivity contribution >= 4 is 21.6 Å². The van der Waals surface area contributed by atoms with E-state index in [4.69, 9.17) is 4.74 Å². The number of hydrogen-bond donors (Lipinski definition) is 1. The molecule has 6 nitrogen and oxygen atoms in total. The SMILES string of the molecule is CC(C)Oc1cccc(CCCNC(=O)C(C)N(c2ccc(F)c(F)c2)S(C)(=O)=O)c1. The van der Waals surface area contributed by atoms with Crippen LogP contribution in [0.15, 0.2) is 42.5 Å². The van der Waals surface area contributed by atoms with E-state index in [1.165, 1.54) is 6.92 Å². The minimum Gasteiger partial charge on any atom is -0.491 e. The summed E-state index contributed by atoms with van der Waals surface area (Å²) in [7, 11) is -3.91. The number of benzene rings is 2. The summed E-state index contributed by atoms with van der Waals surface area (Å²) in [4.78, 5) is 12.5. The number of nitrogens with zero attached hydrogens (tertiary/aromatic N) is 1. The fraction of sp³-hybridized carbons (Fsp3) is 0.409. The van der Waals surface area contributed by atoms with E-state index in [1.807, 2.05) is 38.1 Å². The Kier molecular flexibility index (Phi) is 8.38. The minimum absolute atomic E-state index is 0.0726. The van der Waals surface area contributed by atoms with Gasteiger partial charge in [0.15, 0.2) is 11.6 Å². The van der Waals surface area contributed by atoms with Gasteiger partial charge in [-0.2, -0.15) is 0 Å². The minimum atomic E-state index is -3.91. The quantitative estimate of drug-likeness (QED) is 0.556. The van der Waals surface area contributed by atoms with Crippen LogP contribution in [0.4, 0.5) is 14.5 Å². The van der Waals surface area contributed by atoms with E-state index in [1.54, 1.807) is 0 Å². The van der Waals surface area contributed by atoms with Crippen LogP contribution in [0, 0.1) is 11.6 Å². The van der Waals surface area contributed by atoms with Crippen LogP contribution >= 0.6 is 0 Å². The third kappa shape index (κ3) is 7.20. The molecule has 0 radical (unpaired) electrons. The summed E-state index contributed by atoms with van der Waals surface area (Å²) in [6, 6.07) is 9.25. The number of rotatable bonds is 10. The van der Waals surface area contributed by atoms with Gasteiger partial charge < -0.3 is 10.1 Å². The highest BCUT2D eigenvalue weighted by molar-refractivity contribution is 7.92. The van der Waals surface area contributed by atoms with E-state index < -0.39 is 33.6 Å². The van der Waals surface area contributed by atoms with Gasteiger partial charge in [0.05, 0.1) is 18.0 Å². The van der Waals surface area contributed by atoms with Gasteiger partial charge in [0.2, 0.25) is 15.9 Å². The smallest absolute Gasteiger partial charge is 0.243 e. The highest BCUT2D eigenvalue weighted by Gasteiger charge is 2.29. The second-order valence-electron chi connectivity index (χ2n) is 7.54. The normalized spacial score (nSPS) is 12.5. The largest absolute Gasteiger partial charge is 0.491 e. The molecule has 2 aromatic rings. The molecule has 31 heavy (non-hydrogen) atoms. The number of amides is 1. The molecule has 1 amide bonds. The zero-order valence-corrected chi connectivity index (χ0v) is 18.9. The van der Waals surface area contributed by atoms with Crippen molar-refractivity contribution in [2.45, 2.75) is 45.8 Å². The first kappa shape index (κ1) is 24.6. The number of carbonyl (C=O) groups is 1. The van der Waals surface area contributed by atoms with Gasteiger partial charge in [-0.1, -0.05) is 12.1 Å². The Hall–Kier alpha value is -2.68. The van der Waals surface area contributed by atoms with Crippen molar-refractivity contribution in [1.82, 2.24) is 5.32 Å². The summed E-state index contributed by atoms with van der Waals surface area (Å²) in [6.07, 6.45) is 2.31. The summed E-state index contributed by atoms with van der Waals surface area (Å²) in [5, 5.41) is 2.70. The number of sulfonamides is 1. The fourth-order valence-electron chi connectivity index (χ4n) is 3.13. The van der Waals surface area contributed by atoms with Gasteiger partial charge in [-0.3, -0.25) is 9.10 Å². The zero-order valence-electron chi connectivity index (χ0n) is 18.1. The van der Waals surface area contributed by atoms with Gasteiger partial charge in [-0.25, -0.2) is 17.2 Å². The van der Waals surface area contributed by atoms with Gasteiger partial charge in [-0.15, -0.1) is 0 Å². The molecule has 0 saturated heterocycles. The van der Waals surface area contributed by atoms with E-state index in [9.17, 15) is 22.0 Å². The van der Waals surface area contributed by atoms with E-state index in [-0.39, 0.29) is 11.8 Å². The highest BCUT2D eigenvalue weighted by Crippen LogP contribution is 2.23. The van der Waals surface area contributed by atoms with Crippen LogP contribution in [-0.4, -0.2) is 39.3 Å². The Bertz CT molecular complexity index is 1010. The average molecular weight is 455 g/mol. The lowest BCUT2D eigenvalue weighted by Crippen LogP contribution is -2.48. The summed E-state index contributed by atoms with van der Waals surface area (Å²) in [5.74, 6) is -2.05. The molecule has 0 spiro atoms. The van der Waals surface area contributed by atoms with Crippen molar-refractivity contribution in [2.75, 3.05) is 17.1 Å². The lowest BCUT2D eigenvalue weighted by atomic mass is 10.1. The Morgan fingerprint density at radius 2 is 1.81 bits per heavy atom. The molecule has 0 aliphatic carbocycles. The number of nitrogens with one attached hydrogen (secondary N) is 1. The molecule has 0 saturated carbocycles. The maximum Gasteiger partial charge on any atom is 0.243 e. The Morgan fingerprint density at radius 1 is 1.10 bits per heavy atom. The van der Waals surface area contributed by atoms with Gasteiger partial charge >= 0.3 is 0 Å². The van der Waals surface area contributed by atoms with Crippen LogP contribution < -0.4 is 14.4 Å². The summed E-state index contributed by atoms with van der Waals surface area (Å²) >= 11 is 0. The van der Waals surface area contributed by atoms with E-state index in [0.29, 0.717) is 19.4 Å². The van der Waals surface area contributed by atoms with Crippen molar-refractivity contribution in [1.29, 1.82) is 0 Å². The third-order valence-corrected chi connectivity index (χ3v) is 5.70. The molecule has 0 aromatic heterocycles. The lowest BCUT2D eigenvalue weighted by molar-refractivity contribution is -0.121. The van der Waals surface area contributed by atoms with Gasteiger partial charge in [0.1, 0.15) is 11.8 Å². The number of ether oxygens (including phenoxy) is 1. The van der Waals surface area contributed by atoms with Crippen molar-refractivity contribution in [3.63, 3.8) is 0 Å². The molecule has 0 aliphatic heterocycles. The van der Waals surface area contributed by atoms with Crippen LogP contribution in [-0.2, 0) is 21.2 Å².